The maximum absolute atomic E-state index is 13.2. The van der Waals surface area contributed by atoms with Crippen molar-refractivity contribution < 1.29 is 18.0 Å². The summed E-state index contributed by atoms with van der Waals surface area (Å²) in [6, 6.07) is 7.72. The second kappa shape index (κ2) is 7.04. The molecule has 24 heavy (non-hydrogen) atoms. The molecule has 1 fully saturated rings. The van der Waals surface area contributed by atoms with Gasteiger partial charge >= 0.3 is 6.55 Å². The molecule has 1 saturated heterocycles. The third-order valence-electron chi connectivity index (χ3n) is 3.98. The number of carbonyl (C=O) groups is 1. The number of halogens is 3. The number of aromatic nitrogens is 2. The Morgan fingerprint density at radius 2 is 1.92 bits per heavy atom. The van der Waals surface area contributed by atoms with Crippen molar-refractivity contribution >= 4 is 5.91 Å². The van der Waals surface area contributed by atoms with Crippen LogP contribution in [0.25, 0.3) is 0 Å². The number of nitrogens with zero attached hydrogens (tertiary/aromatic N) is 4. The quantitative estimate of drug-likeness (QED) is 0.859. The highest BCUT2D eigenvalue weighted by atomic mass is 19.3. The summed E-state index contributed by atoms with van der Waals surface area (Å²) in [6.45, 7) is 0.0931. The summed E-state index contributed by atoms with van der Waals surface area (Å²) < 4.78 is 38.7. The molecule has 1 aliphatic rings. The average Bonchev–Trinajstić information content (AvgIpc) is 3.05. The summed E-state index contributed by atoms with van der Waals surface area (Å²) in [5, 5.41) is 3.60. The first-order valence-corrected chi connectivity index (χ1v) is 7.62. The van der Waals surface area contributed by atoms with Crippen molar-refractivity contribution in [2.75, 3.05) is 26.2 Å². The predicted octanol–water partition coefficient (Wildman–Crippen LogP) is 2.38. The van der Waals surface area contributed by atoms with Crippen LogP contribution < -0.4 is 0 Å². The van der Waals surface area contributed by atoms with Gasteiger partial charge in [0.05, 0.1) is 0 Å². The van der Waals surface area contributed by atoms with Crippen molar-refractivity contribution in [2.45, 2.75) is 13.1 Å². The van der Waals surface area contributed by atoms with E-state index in [2.05, 4.69) is 10.00 Å². The molecule has 1 aromatic heterocycles. The number of alkyl halides is 2. The molecule has 2 aromatic rings. The predicted molar refractivity (Wildman–Crippen MR) is 81.1 cm³/mol. The molecule has 0 unspecified atom stereocenters. The van der Waals surface area contributed by atoms with Crippen molar-refractivity contribution in [3.63, 3.8) is 0 Å². The second-order valence-corrected chi connectivity index (χ2v) is 5.66. The molecule has 1 amide bonds. The van der Waals surface area contributed by atoms with Gasteiger partial charge in [-0.05, 0) is 23.8 Å². The van der Waals surface area contributed by atoms with Crippen LogP contribution in [0.1, 0.15) is 22.6 Å². The van der Waals surface area contributed by atoms with Gasteiger partial charge in [-0.25, -0.2) is 9.07 Å². The summed E-state index contributed by atoms with van der Waals surface area (Å²) in [7, 11) is 0. The van der Waals surface area contributed by atoms with Crippen LogP contribution in [0.5, 0.6) is 0 Å². The Morgan fingerprint density at radius 1 is 1.17 bits per heavy atom. The summed E-state index contributed by atoms with van der Waals surface area (Å²) in [4.78, 5) is 16.0. The second-order valence-electron chi connectivity index (χ2n) is 5.66. The molecule has 5 nitrogen and oxygen atoms in total. The molecular formula is C16H17F3N4O. The summed E-state index contributed by atoms with van der Waals surface area (Å²) in [5.74, 6) is -0.615. The lowest BCUT2D eigenvalue weighted by molar-refractivity contribution is 0.0534. The van der Waals surface area contributed by atoms with E-state index in [-0.39, 0.29) is 17.4 Å². The van der Waals surface area contributed by atoms with Gasteiger partial charge in [0.25, 0.3) is 5.91 Å². The van der Waals surface area contributed by atoms with Crippen LogP contribution in [0.2, 0.25) is 0 Å². The molecule has 0 saturated carbocycles. The van der Waals surface area contributed by atoms with Gasteiger partial charge in [-0.15, -0.1) is 0 Å². The van der Waals surface area contributed by atoms with E-state index >= 15 is 0 Å². The summed E-state index contributed by atoms with van der Waals surface area (Å²) in [5.41, 5.74) is 0.902. The number of hydrogen-bond donors (Lipinski definition) is 0. The van der Waals surface area contributed by atoms with Gasteiger partial charge in [-0.2, -0.15) is 13.9 Å². The lowest BCUT2D eigenvalue weighted by Crippen LogP contribution is -2.48. The topological polar surface area (TPSA) is 41.4 Å². The minimum absolute atomic E-state index is 0.0221. The number of hydrogen-bond acceptors (Lipinski definition) is 3. The number of rotatable bonds is 4. The lowest BCUT2D eigenvalue weighted by atomic mass is 10.2. The van der Waals surface area contributed by atoms with Crippen molar-refractivity contribution in [3.05, 3.63) is 53.6 Å². The van der Waals surface area contributed by atoms with Crippen molar-refractivity contribution in [3.8, 4) is 0 Å². The molecule has 0 spiro atoms. The van der Waals surface area contributed by atoms with E-state index in [0.29, 0.717) is 37.4 Å². The minimum atomic E-state index is -2.75. The first-order chi connectivity index (χ1) is 11.5. The first kappa shape index (κ1) is 16.5. The van der Waals surface area contributed by atoms with Gasteiger partial charge in [-0.1, -0.05) is 12.1 Å². The standard InChI is InChI=1S/C16H17F3N4O/c17-13-3-1-2-12(10-13)11-21-6-8-22(9-7-21)15(24)14-4-5-23(20-14)16(18)19/h1-5,10,16H,6-9,11H2. The Morgan fingerprint density at radius 3 is 2.54 bits per heavy atom. The molecule has 3 rings (SSSR count). The van der Waals surface area contributed by atoms with Crippen LogP contribution >= 0.6 is 0 Å². The fourth-order valence-electron chi connectivity index (χ4n) is 2.73. The molecule has 1 aromatic carbocycles. The van der Waals surface area contributed by atoms with Gasteiger partial charge < -0.3 is 4.90 Å². The van der Waals surface area contributed by atoms with Gasteiger partial charge in [0.1, 0.15) is 5.82 Å². The normalized spacial score (nSPS) is 15.9. The molecule has 2 heterocycles. The van der Waals surface area contributed by atoms with E-state index in [1.807, 2.05) is 6.07 Å². The number of piperazine rings is 1. The van der Waals surface area contributed by atoms with E-state index in [0.717, 1.165) is 11.8 Å². The maximum Gasteiger partial charge on any atom is 0.333 e. The largest absolute Gasteiger partial charge is 0.335 e. The molecule has 0 aliphatic carbocycles. The van der Waals surface area contributed by atoms with Gasteiger partial charge in [0.2, 0.25) is 0 Å². The molecule has 1 aliphatic heterocycles. The van der Waals surface area contributed by atoms with Crippen LogP contribution in [-0.2, 0) is 6.54 Å². The Balaban J connectivity index is 1.55. The van der Waals surface area contributed by atoms with Crippen LogP contribution in [-0.4, -0.2) is 51.7 Å². The van der Waals surface area contributed by atoms with Crippen LogP contribution in [0.3, 0.4) is 0 Å². The fourth-order valence-corrected chi connectivity index (χ4v) is 2.73. The average molecular weight is 338 g/mol. The number of carbonyl (C=O) groups excluding carboxylic acids is 1. The Labute approximate surface area is 137 Å². The van der Waals surface area contributed by atoms with E-state index in [1.54, 1.807) is 11.0 Å². The highest BCUT2D eigenvalue weighted by Gasteiger charge is 2.24. The van der Waals surface area contributed by atoms with E-state index < -0.39 is 6.55 Å². The highest BCUT2D eigenvalue weighted by Crippen LogP contribution is 2.13. The van der Waals surface area contributed by atoms with Crippen LogP contribution in [0, 0.1) is 5.82 Å². The van der Waals surface area contributed by atoms with Crippen LogP contribution in [0.4, 0.5) is 13.2 Å². The van der Waals surface area contributed by atoms with Crippen molar-refractivity contribution in [1.29, 1.82) is 0 Å². The molecule has 0 N–H and O–H groups in total. The van der Waals surface area contributed by atoms with E-state index in [4.69, 9.17) is 0 Å². The zero-order chi connectivity index (χ0) is 17.1. The van der Waals surface area contributed by atoms with Gasteiger partial charge in [-0.3, -0.25) is 9.69 Å². The third kappa shape index (κ3) is 3.76. The molecule has 8 heteroatoms. The SMILES string of the molecule is O=C(c1ccn(C(F)F)n1)N1CCN(Cc2cccc(F)c2)CC1. The Kier molecular flexibility index (Phi) is 4.84. The fraction of sp³-hybridized carbons (Fsp3) is 0.375. The summed E-state index contributed by atoms with van der Waals surface area (Å²) >= 11 is 0. The highest BCUT2D eigenvalue weighted by molar-refractivity contribution is 5.92. The van der Waals surface area contributed by atoms with Gasteiger partial charge in [0.15, 0.2) is 5.69 Å². The van der Waals surface area contributed by atoms with Crippen molar-refractivity contribution in [2.24, 2.45) is 0 Å². The zero-order valence-corrected chi connectivity index (χ0v) is 12.9. The third-order valence-corrected chi connectivity index (χ3v) is 3.98. The number of amides is 1. The molecule has 0 radical (unpaired) electrons. The van der Waals surface area contributed by atoms with E-state index in [1.165, 1.54) is 18.2 Å². The van der Waals surface area contributed by atoms with E-state index in [9.17, 15) is 18.0 Å². The maximum atomic E-state index is 13.2. The Hall–Kier alpha value is -2.35. The van der Waals surface area contributed by atoms with Crippen molar-refractivity contribution in [1.82, 2.24) is 19.6 Å². The molecule has 128 valence electrons. The first-order valence-electron chi connectivity index (χ1n) is 7.62. The smallest absolute Gasteiger partial charge is 0.333 e. The summed E-state index contributed by atoms with van der Waals surface area (Å²) in [6.07, 6.45) is 1.10. The molecule has 0 atom stereocenters. The molecular weight excluding hydrogens is 321 g/mol. The number of benzene rings is 1. The van der Waals surface area contributed by atoms with Gasteiger partial charge in [0, 0.05) is 38.9 Å². The monoisotopic (exact) mass is 338 g/mol. The molecule has 0 bridgehead atoms. The Bertz CT molecular complexity index is 711. The minimum Gasteiger partial charge on any atom is -0.335 e. The van der Waals surface area contributed by atoms with Crippen LogP contribution in [0.15, 0.2) is 36.5 Å². The lowest BCUT2D eigenvalue weighted by Gasteiger charge is -2.34. The zero-order valence-electron chi connectivity index (χ0n) is 12.9.